The molecule has 0 unspecified atom stereocenters. The average molecular weight is 489 g/mol. The van der Waals surface area contributed by atoms with Crippen molar-refractivity contribution in [3.8, 4) is 22.6 Å². The smallest absolute Gasteiger partial charge is 0.307 e. The molecule has 3 aromatic rings. The summed E-state index contributed by atoms with van der Waals surface area (Å²) in [7, 11) is 1.58. The van der Waals surface area contributed by atoms with Crippen LogP contribution >= 0.6 is 0 Å². The van der Waals surface area contributed by atoms with Gasteiger partial charge in [-0.3, -0.25) is 4.79 Å². The molecule has 188 valence electrons. The van der Waals surface area contributed by atoms with Crippen molar-refractivity contribution in [1.82, 2.24) is 0 Å². The van der Waals surface area contributed by atoms with Gasteiger partial charge in [-0.15, -0.1) is 0 Å². The van der Waals surface area contributed by atoms with Gasteiger partial charge in [0.2, 0.25) is 0 Å². The van der Waals surface area contributed by atoms with Gasteiger partial charge in [-0.05, 0) is 82.3 Å². The van der Waals surface area contributed by atoms with Gasteiger partial charge in [-0.1, -0.05) is 52.0 Å². The van der Waals surface area contributed by atoms with Gasteiger partial charge < -0.3 is 14.6 Å². The third kappa shape index (κ3) is 3.95. The van der Waals surface area contributed by atoms with Gasteiger partial charge in [0.05, 0.1) is 13.0 Å². The van der Waals surface area contributed by atoms with Crippen molar-refractivity contribution in [2.45, 2.75) is 58.0 Å². The molecule has 1 N–H and O–H groups in total. The lowest BCUT2D eigenvalue weighted by molar-refractivity contribution is -0.139. The van der Waals surface area contributed by atoms with E-state index in [0.717, 1.165) is 35.3 Å². The summed E-state index contributed by atoms with van der Waals surface area (Å²) in [5.41, 5.74) is 5.37. The molecule has 2 aliphatic carbocycles. The van der Waals surface area contributed by atoms with E-state index in [4.69, 9.17) is 9.47 Å². The maximum atomic E-state index is 14.8. The number of carboxylic acid groups (broad SMARTS) is 1. The molecule has 0 aliphatic heterocycles. The van der Waals surface area contributed by atoms with Gasteiger partial charge in [-0.2, -0.15) is 0 Å². The minimum absolute atomic E-state index is 0.173. The molecule has 4 nitrogen and oxygen atoms in total. The minimum atomic E-state index is -0.692. The van der Waals surface area contributed by atoms with E-state index in [9.17, 15) is 14.3 Å². The summed E-state index contributed by atoms with van der Waals surface area (Å²) in [5.74, 6) is 0.318. The number of carboxylic acids is 1. The van der Waals surface area contributed by atoms with Gasteiger partial charge in [0.25, 0.3) is 0 Å². The Hall–Kier alpha value is -3.34. The number of methoxy groups -OCH3 is 1. The number of aryl methyl sites for hydroxylation is 1. The van der Waals surface area contributed by atoms with Gasteiger partial charge in [0, 0.05) is 11.0 Å². The number of ether oxygens (including phenoxy) is 2. The van der Waals surface area contributed by atoms with Crippen LogP contribution in [0, 0.1) is 17.7 Å². The van der Waals surface area contributed by atoms with Crippen molar-refractivity contribution >= 4 is 5.97 Å². The molecule has 0 saturated heterocycles. The maximum Gasteiger partial charge on any atom is 0.307 e. The molecule has 0 bridgehead atoms. The van der Waals surface area contributed by atoms with Crippen LogP contribution in [0.3, 0.4) is 0 Å². The Morgan fingerprint density at radius 1 is 1.06 bits per heavy atom. The zero-order valence-corrected chi connectivity index (χ0v) is 21.5. The van der Waals surface area contributed by atoms with E-state index in [-0.39, 0.29) is 28.5 Å². The molecule has 0 aromatic heterocycles. The summed E-state index contributed by atoms with van der Waals surface area (Å²) in [6.45, 7) is 8.80. The minimum Gasteiger partial charge on any atom is -0.497 e. The van der Waals surface area contributed by atoms with E-state index < -0.39 is 5.97 Å². The van der Waals surface area contributed by atoms with Crippen LogP contribution in [0.4, 0.5) is 4.39 Å². The summed E-state index contributed by atoms with van der Waals surface area (Å²) >= 11 is 0. The SMILES string of the molecule is COc1ccc(F)c(-c2ccc(COc3ccc4c(c3)CC[C@@]43[C@H](C(=O)O)[C@@H]3C)cc2C(C)(C)C)c1. The first kappa shape index (κ1) is 24.4. The Morgan fingerprint density at radius 3 is 2.47 bits per heavy atom. The Kier molecular flexibility index (Phi) is 5.85. The Labute approximate surface area is 212 Å². The highest BCUT2D eigenvalue weighted by molar-refractivity contribution is 5.79. The Morgan fingerprint density at radius 2 is 1.81 bits per heavy atom. The number of fused-ring (bicyclic) bond motifs is 2. The maximum absolute atomic E-state index is 14.8. The molecule has 36 heavy (non-hydrogen) atoms. The van der Waals surface area contributed by atoms with E-state index in [1.54, 1.807) is 19.2 Å². The molecule has 1 spiro atoms. The van der Waals surface area contributed by atoms with Crippen LogP contribution in [0.2, 0.25) is 0 Å². The standard InChI is InChI=1S/C31H33FO4/c1-18-28(29(33)34)31(18)13-12-20-15-22(7-10-25(20)31)36-17-19-6-9-23(26(14-19)30(2,3)4)24-16-21(35-5)8-11-27(24)32/h6-11,14-16,18,28H,12-13,17H2,1-5H3,(H,33,34)/t18-,28-,31-/m0/s1. The van der Waals surface area contributed by atoms with Gasteiger partial charge in [0.1, 0.15) is 23.9 Å². The molecular weight excluding hydrogens is 455 g/mol. The topological polar surface area (TPSA) is 55.8 Å². The van der Waals surface area contributed by atoms with Crippen LogP contribution in [-0.4, -0.2) is 18.2 Å². The number of carbonyl (C=O) groups is 1. The number of rotatable bonds is 6. The summed E-state index contributed by atoms with van der Waals surface area (Å²) in [4.78, 5) is 11.7. The molecule has 1 saturated carbocycles. The van der Waals surface area contributed by atoms with Crippen LogP contribution in [0.1, 0.15) is 56.4 Å². The zero-order valence-electron chi connectivity index (χ0n) is 21.5. The first-order valence-corrected chi connectivity index (χ1v) is 12.5. The number of benzene rings is 3. The van der Waals surface area contributed by atoms with Crippen LogP contribution in [0.5, 0.6) is 11.5 Å². The summed E-state index contributed by atoms with van der Waals surface area (Å²) < 4.78 is 26.3. The summed E-state index contributed by atoms with van der Waals surface area (Å²) in [6.07, 6.45) is 1.77. The van der Waals surface area contributed by atoms with Crippen molar-refractivity contribution in [3.63, 3.8) is 0 Å². The molecule has 5 rings (SSSR count). The fraction of sp³-hybridized carbons (Fsp3) is 0.387. The van der Waals surface area contributed by atoms with Crippen LogP contribution in [-0.2, 0) is 28.7 Å². The molecular formula is C31H33FO4. The van der Waals surface area contributed by atoms with Crippen molar-refractivity contribution in [2.24, 2.45) is 11.8 Å². The van der Waals surface area contributed by atoms with Crippen LogP contribution < -0.4 is 9.47 Å². The second-order valence-electron chi connectivity index (χ2n) is 11.2. The second-order valence-corrected chi connectivity index (χ2v) is 11.2. The van der Waals surface area contributed by atoms with Gasteiger partial charge in [-0.25, -0.2) is 4.39 Å². The van der Waals surface area contributed by atoms with Crippen LogP contribution in [0.25, 0.3) is 11.1 Å². The van der Waals surface area contributed by atoms with E-state index >= 15 is 0 Å². The third-order valence-corrected chi connectivity index (χ3v) is 8.17. The van der Waals surface area contributed by atoms with Crippen LogP contribution in [0.15, 0.2) is 54.6 Å². The normalized spacial score (nSPS) is 22.4. The molecule has 2 aliphatic rings. The average Bonchev–Trinajstić information content (AvgIpc) is 3.27. The lowest BCUT2D eigenvalue weighted by atomic mass is 9.81. The first-order valence-electron chi connectivity index (χ1n) is 12.5. The molecule has 3 atom stereocenters. The highest BCUT2D eigenvalue weighted by atomic mass is 19.1. The molecule has 0 amide bonds. The third-order valence-electron chi connectivity index (χ3n) is 8.17. The molecule has 3 aromatic carbocycles. The van der Waals surface area contributed by atoms with E-state index in [2.05, 4.69) is 39.0 Å². The number of hydrogen-bond acceptors (Lipinski definition) is 3. The molecule has 0 radical (unpaired) electrons. The highest BCUT2D eigenvalue weighted by Crippen LogP contribution is 2.66. The monoisotopic (exact) mass is 488 g/mol. The Balaban J connectivity index is 1.39. The fourth-order valence-electron chi connectivity index (χ4n) is 6.20. The summed E-state index contributed by atoms with van der Waals surface area (Å²) in [6, 6.07) is 16.9. The van der Waals surface area contributed by atoms with Crippen molar-refractivity contribution in [2.75, 3.05) is 7.11 Å². The second kappa shape index (κ2) is 8.65. The quantitative estimate of drug-likeness (QED) is 0.410. The lowest BCUT2D eigenvalue weighted by Gasteiger charge is -2.24. The van der Waals surface area contributed by atoms with E-state index in [0.29, 0.717) is 17.9 Å². The van der Waals surface area contributed by atoms with Gasteiger partial charge >= 0.3 is 5.97 Å². The molecule has 5 heteroatoms. The number of halogens is 1. The van der Waals surface area contributed by atoms with E-state index in [1.807, 2.05) is 25.1 Å². The fourth-order valence-corrected chi connectivity index (χ4v) is 6.20. The predicted molar refractivity (Wildman–Crippen MR) is 138 cm³/mol. The van der Waals surface area contributed by atoms with Crippen molar-refractivity contribution in [3.05, 3.63) is 82.7 Å². The largest absolute Gasteiger partial charge is 0.497 e. The summed E-state index contributed by atoms with van der Waals surface area (Å²) in [5, 5.41) is 9.60. The lowest BCUT2D eigenvalue weighted by Crippen LogP contribution is -2.14. The number of aliphatic carboxylic acids is 1. The van der Waals surface area contributed by atoms with E-state index in [1.165, 1.54) is 17.2 Å². The molecule has 1 fully saturated rings. The molecule has 0 heterocycles. The van der Waals surface area contributed by atoms with Gasteiger partial charge in [0.15, 0.2) is 0 Å². The number of hydrogen-bond donors (Lipinski definition) is 1. The first-order chi connectivity index (χ1) is 17.1. The zero-order chi connectivity index (χ0) is 25.8. The Bertz CT molecular complexity index is 1340. The highest BCUT2D eigenvalue weighted by Gasteiger charge is 2.68. The van der Waals surface area contributed by atoms with Crippen molar-refractivity contribution in [1.29, 1.82) is 0 Å². The predicted octanol–water partition coefficient (Wildman–Crippen LogP) is 6.91. The van der Waals surface area contributed by atoms with Crippen molar-refractivity contribution < 1.29 is 23.8 Å².